The normalized spacial score (nSPS) is 11.3. The summed E-state index contributed by atoms with van der Waals surface area (Å²) in [5, 5.41) is 36.0. The number of ketones is 1. The van der Waals surface area contributed by atoms with E-state index in [2.05, 4.69) is 105 Å². The van der Waals surface area contributed by atoms with Crippen LogP contribution in [0.25, 0.3) is 76.5 Å². The molecule has 0 fully saturated rings. The number of rotatable bonds is 3. The quantitative estimate of drug-likeness (QED) is 0.0822. The Morgan fingerprint density at radius 1 is 0.481 bits per heavy atom. The van der Waals surface area contributed by atoms with Crippen molar-refractivity contribution in [2.75, 3.05) is 0 Å². The molecule has 9 heteroatoms. The number of fused-ring (bicyclic) bond motifs is 8. The molecule has 0 spiro atoms. The van der Waals surface area contributed by atoms with Gasteiger partial charge in [-0.2, -0.15) is 9.59 Å². The Morgan fingerprint density at radius 3 is 1.09 bits per heavy atom. The predicted molar refractivity (Wildman–Crippen MR) is 212 cm³/mol. The zero-order chi connectivity index (χ0) is 36.3. The first-order valence-corrected chi connectivity index (χ1v) is 17.1. The smallest absolute Gasteiger partial charge is 0.155 e. The van der Waals surface area contributed by atoms with Gasteiger partial charge in [-0.25, -0.2) is 0 Å². The zero-order valence-corrected chi connectivity index (χ0v) is 31.7. The Balaban J connectivity index is 0.000000140. The molecule has 0 bridgehead atoms. The molecule has 0 unspecified atom stereocenters. The van der Waals surface area contributed by atoms with E-state index in [4.69, 9.17) is 5.11 Å². The van der Waals surface area contributed by atoms with Crippen molar-refractivity contribution in [3.8, 4) is 11.4 Å². The monoisotopic (exact) mass is 881 g/mol. The number of allylic oxidation sites excluding steroid dienone is 2. The van der Waals surface area contributed by atoms with Crippen LogP contribution in [0.1, 0.15) is 13.8 Å². The van der Waals surface area contributed by atoms with Gasteiger partial charge in [-0.1, -0.05) is 119 Å². The SMILES string of the molecule is CC(=O)C=C(C)O.[Ir].[c-]1c(-n2nc3ccccc3n2)c2ccccc2c2ccccc12.[c-]1c(-n2nc3ccccc3n2)c2ccccc2c2ccccc12. The maximum absolute atomic E-state index is 10.0. The van der Waals surface area contributed by atoms with Crippen molar-refractivity contribution in [2.24, 2.45) is 0 Å². The second kappa shape index (κ2) is 15.6. The number of carbonyl (C=O) groups is 1. The van der Waals surface area contributed by atoms with E-state index in [-0.39, 0.29) is 31.6 Å². The van der Waals surface area contributed by atoms with Crippen LogP contribution in [0.3, 0.4) is 0 Å². The minimum atomic E-state index is -0.125. The van der Waals surface area contributed by atoms with Crippen LogP contribution in [0, 0.1) is 12.1 Å². The molecule has 8 aromatic carbocycles. The minimum Gasteiger partial charge on any atom is -0.512 e. The molecule has 1 N–H and O–H groups in total. The summed E-state index contributed by atoms with van der Waals surface area (Å²) in [5.74, 6) is -0.0625. The van der Waals surface area contributed by atoms with Crippen molar-refractivity contribution >= 4 is 70.9 Å². The number of carbonyl (C=O) groups excluding carboxylic acids is 1. The molecule has 0 aliphatic heterocycles. The number of aliphatic hydroxyl groups is 1. The van der Waals surface area contributed by atoms with Crippen LogP contribution >= 0.6 is 0 Å². The van der Waals surface area contributed by atoms with Crippen molar-refractivity contribution in [1.82, 2.24) is 30.0 Å². The Kier molecular flexibility index (Phi) is 10.4. The number of hydrogen-bond acceptors (Lipinski definition) is 6. The first kappa shape index (κ1) is 35.8. The molecule has 0 amide bonds. The van der Waals surface area contributed by atoms with Crippen molar-refractivity contribution < 1.29 is 30.0 Å². The van der Waals surface area contributed by atoms with Gasteiger partial charge in [0.05, 0.1) is 5.76 Å². The predicted octanol–water partition coefficient (Wildman–Crippen LogP) is 10.1. The van der Waals surface area contributed by atoms with Crippen LogP contribution in [0.2, 0.25) is 0 Å². The summed E-state index contributed by atoms with van der Waals surface area (Å²) in [6.45, 7) is 2.85. The van der Waals surface area contributed by atoms with Crippen molar-refractivity contribution in [2.45, 2.75) is 13.8 Å². The van der Waals surface area contributed by atoms with E-state index in [0.717, 1.165) is 55.0 Å². The van der Waals surface area contributed by atoms with Crippen molar-refractivity contribution in [3.63, 3.8) is 0 Å². The van der Waals surface area contributed by atoms with E-state index in [0.29, 0.717) is 0 Å². The average molecular weight is 881 g/mol. The van der Waals surface area contributed by atoms with Crippen LogP contribution in [0.15, 0.2) is 157 Å². The molecule has 10 rings (SSSR count). The summed E-state index contributed by atoms with van der Waals surface area (Å²) in [6, 6.07) is 56.0. The second-order valence-electron chi connectivity index (χ2n) is 12.5. The summed E-state index contributed by atoms with van der Waals surface area (Å²) < 4.78 is 0. The third-order valence-electron chi connectivity index (χ3n) is 8.69. The van der Waals surface area contributed by atoms with E-state index in [1.807, 2.05) is 72.8 Å². The van der Waals surface area contributed by atoms with Crippen LogP contribution in [0.4, 0.5) is 0 Å². The molecule has 265 valence electrons. The molecule has 0 saturated heterocycles. The fourth-order valence-electron chi connectivity index (χ4n) is 6.42. The van der Waals surface area contributed by atoms with Gasteiger partial charge < -0.3 is 5.11 Å². The van der Waals surface area contributed by atoms with Gasteiger partial charge in [-0.05, 0) is 38.1 Å². The van der Waals surface area contributed by atoms with E-state index in [1.54, 1.807) is 9.59 Å². The first-order chi connectivity index (χ1) is 25.9. The summed E-state index contributed by atoms with van der Waals surface area (Å²) >= 11 is 0. The van der Waals surface area contributed by atoms with E-state index < -0.39 is 0 Å². The fraction of sp³-hybridized carbons (Fsp3) is 0.0444. The standard InChI is InChI=1S/2C20H12N3.C5H8O2.Ir/c2*1-2-8-15-14(7-1)13-20(17-10-4-3-9-16(15)17)23-21-18-11-5-6-12-19(18)22-23;1-4(6)3-5(2)7;/h2*1-12H;3,6H,1-2H3;/q2*-1;;. The summed E-state index contributed by atoms with van der Waals surface area (Å²) in [6.07, 6.45) is 1.17. The van der Waals surface area contributed by atoms with E-state index in [1.165, 1.54) is 41.5 Å². The Bertz CT molecular complexity index is 2730. The number of aromatic nitrogens is 6. The third kappa shape index (κ3) is 7.23. The number of nitrogens with zero attached hydrogens (tertiary/aromatic N) is 6. The molecule has 8 nitrogen and oxygen atoms in total. The molecule has 54 heavy (non-hydrogen) atoms. The van der Waals surface area contributed by atoms with Gasteiger partial charge in [0.15, 0.2) is 5.78 Å². The Labute approximate surface area is 324 Å². The molecular formula is C45H32IrN6O2-2. The third-order valence-corrected chi connectivity index (χ3v) is 8.69. The van der Waals surface area contributed by atoms with Crippen molar-refractivity contribution in [1.29, 1.82) is 0 Å². The van der Waals surface area contributed by atoms with Gasteiger partial charge in [-0.3, -0.25) is 4.79 Å². The van der Waals surface area contributed by atoms with Crippen LogP contribution in [0.5, 0.6) is 0 Å². The van der Waals surface area contributed by atoms with E-state index >= 15 is 0 Å². The molecule has 0 aliphatic carbocycles. The fourth-order valence-corrected chi connectivity index (χ4v) is 6.42. The minimum absolute atomic E-state index is 0. The number of hydrogen-bond donors (Lipinski definition) is 1. The number of benzene rings is 8. The molecule has 2 heterocycles. The molecule has 0 saturated carbocycles. The first-order valence-electron chi connectivity index (χ1n) is 17.1. The molecule has 10 aromatic rings. The van der Waals surface area contributed by atoms with Gasteiger partial charge in [-0.15, -0.1) is 78.3 Å². The maximum Gasteiger partial charge on any atom is 0.155 e. The topological polar surface area (TPSA) is 98.7 Å². The maximum atomic E-state index is 10.0. The van der Waals surface area contributed by atoms with Gasteiger partial charge in [0.2, 0.25) is 0 Å². The largest absolute Gasteiger partial charge is 0.512 e. The Hall–Kier alpha value is -6.54. The number of aliphatic hydroxyl groups excluding tert-OH is 1. The van der Waals surface area contributed by atoms with Crippen LogP contribution in [-0.4, -0.2) is 40.9 Å². The summed E-state index contributed by atoms with van der Waals surface area (Å²) in [7, 11) is 0. The molecule has 2 aromatic heterocycles. The molecule has 0 aliphatic rings. The zero-order valence-electron chi connectivity index (χ0n) is 29.3. The summed E-state index contributed by atoms with van der Waals surface area (Å²) in [4.78, 5) is 13.4. The van der Waals surface area contributed by atoms with Gasteiger partial charge in [0.25, 0.3) is 0 Å². The molecular weight excluding hydrogens is 849 g/mol. The summed E-state index contributed by atoms with van der Waals surface area (Å²) in [5.41, 5.74) is 5.32. The van der Waals surface area contributed by atoms with E-state index in [9.17, 15) is 4.79 Å². The van der Waals surface area contributed by atoms with Crippen molar-refractivity contribution in [3.05, 3.63) is 170 Å². The average Bonchev–Trinajstić information content (AvgIpc) is 3.82. The van der Waals surface area contributed by atoms with Gasteiger partial charge in [0.1, 0.15) is 22.1 Å². The van der Waals surface area contributed by atoms with Crippen LogP contribution in [-0.2, 0) is 24.9 Å². The molecule has 1 radical (unpaired) electrons. The second-order valence-corrected chi connectivity index (χ2v) is 12.5. The van der Waals surface area contributed by atoms with Gasteiger partial charge >= 0.3 is 0 Å². The van der Waals surface area contributed by atoms with Crippen LogP contribution < -0.4 is 0 Å². The van der Waals surface area contributed by atoms with Gasteiger partial charge in [0, 0.05) is 37.6 Å². The Morgan fingerprint density at radius 2 is 0.778 bits per heavy atom. The molecule has 0 atom stereocenters.